The number of halogens is 1. The predicted octanol–water partition coefficient (Wildman–Crippen LogP) is 5.89. The molecule has 0 aliphatic heterocycles. The second-order valence-electron chi connectivity index (χ2n) is 6.27. The van der Waals surface area contributed by atoms with E-state index in [1.165, 1.54) is 0 Å². The second kappa shape index (κ2) is 11.2. The number of hydrogen-bond donors (Lipinski definition) is 1. The normalized spacial score (nSPS) is 12.9. The van der Waals surface area contributed by atoms with Crippen LogP contribution in [0.3, 0.4) is 0 Å². The molecule has 0 saturated heterocycles. The molecule has 0 heterocycles. The number of rotatable bonds is 10. The Hall–Kier alpha value is -1.85. The van der Waals surface area contributed by atoms with Gasteiger partial charge in [-0.3, -0.25) is 4.79 Å². The van der Waals surface area contributed by atoms with Crippen LogP contribution in [0, 0.1) is 0 Å². The molecule has 28 heavy (non-hydrogen) atoms. The smallest absolute Gasteiger partial charge is 0.233 e. The Labute approximate surface area is 177 Å². The van der Waals surface area contributed by atoms with E-state index in [1.54, 1.807) is 11.8 Å². The summed E-state index contributed by atoms with van der Waals surface area (Å²) in [4.78, 5) is 13.8. The van der Waals surface area contributed by atoms with Crippen molar-refractivity contribution in [2.45, 2.75) is 50.3 Å². The first-order chi connectivity index (χ1) is 13.5. The lowest BCUT2D eigenvalue weighted by Gasteiger charge is -2.20. The first-order valence-electron chi connectivity index (χ1n) is 9.60. The molecule has 152 valence electrons. The summed E-state index contributed by atoms with van der Waals surface area (Å²) in [5.74, 6) is 1.43. The number of carbonyl (C=O) groups is 1. The number of carbonyl (C=O) groups excluding carboxylic acids is 1. The van der Waals surface area contributed by atoms with Crippen molar-refractivity contribution >= 4 is 29.3 Å². The summed E-state index contributed by atoms with van der Waals surface area (Å²) >= 11 is 7.49. The van der Waals surface area contributed by atoms with Crippen molar-refractivity contribution < 1.29 is 14.3 Å². The number of nitrogens with one attached hydrogen (secondary N) is 1. The summed E-state index contributed by atoms with van der Waals surface area (Å²) in [6, 6.07) is 13.2. The quantitative estimate of drug-likeness (QED) is 0.486. The van der Waals surface area contributed by atoms with Gasteiger partial charge < -0.3 is 14.8 Å². The Kier molecular flexibility index (Phi) is 9.00. The molecule has 4 nitrogen and oxygen atoms in total. The second-order valence-corrected chi connectivity index (χ2v) is 7.98. The number of amides is 1. The van der Waals surface area contributed by atoms with Gasteiger partial charge in [0, 0.05) is 9.92 Å². The Morgan fingerprint density at radius 3 is 2.29 bits per heavy atom. The number of benzene rings is 2. The van der Waals surface area contributed by atoms with Crippen molar-refractivity contribution in [1.29, 1.82) is 0 Å². The van der Waals surface area contributed by atoms with Crippen molar-refractivity contribution in [3.05, 3.63) is 53.1 Å². The van der Waals surface area contributed by atoms with E-state index in [-0.39, 0.29) is 17.2 Å². The van der Waals surface area contributed by atoms with Crippen LogP contribution in [0.4, 0.5) is 0 Å². The summed E-state index contributed by atoms with van der Waals surface area (Å²) in [5, 5.41) is 3.64. The Balaban J connectivity index is 2.06. The lowest BCUT2D eigenvalue weighted by Crippen LogP contribution is -2.34. The zero-order chi connectivity index (χ0) is 20.5. The van der Waals surface area contributed by atoms with Crippen LogP contribution < -0.4 is 14.8 Å². The van der Waals surface area contributed by atoms with Crippen LogP contribution in [0.1, 0.15) is 45.7 Å². The highest BCUT2D eigenvalue weighted by Gasteiger charge is 2.21. The molecule has 6 heteroatoms. The first kappa shape index (κ1) is 22.4. The van der Waals surface area contributed by atoms with Crippen LogP contribution >= 0.6 is 23.4 Å². The van der Waals surface area contributed by atoms with Gasteiger partial charge in [-0.05, 0) is 69.2 Å². The molecule has 0 radical (unpaired) electrons. The number of hydrogen-bond acceptors (Lipinski definition) is 4. The lowest BCUT2D eigenvalue weighted by atomic mass is 10.1. The van der Waals surface area contributed by atoms with Crippen molar-refractivity contribution in [2.75, 3.05) is 13.2 Å². The maximum atomic E-state index is 12.8. The molecule has 0 aliphatic carbocycles. The maximum absolute atomic E-state index is 12.8. The van der Waals surface area contributed by atoms with Gasteiger partial charge in [-0.1, -0.05) is 24.6 Å². The monoisotopic (exact) mass is 421 g/mol. The van der Waals surface area contributed by atoms with Crippen LogP contribution in [0.25, 0.3) is 0 Å². The minimum Gasteiger partial charge on any atom is -0.490 e. The molecule has 0 aromatic heterocycles. The van der Waals surface area contributed by atoms with Crippen LogP contribution in [0.15, 0.2) is 47.4 Å². The van der Waals surface area contributed by atoms with E-state index in [0.717, 1.165) is 22.6 Å². The molecule has 0 aliphatic rings. The highest BCUT2D eigenvalue weighted by atomic mass is 35.5. The lowest BCUT2D eigenvalue weighted by molar-refractivity contribution is -0.121. The summed E-state index contributed by atoms with van der Waals surface area (Å²) in [6.45, 7) is 9.00. The van der Waals surface area contributed by atoms with Crippen molar-refractivity contribution in [1.82, 2.24) is 5.32 Å². The van der Waals surface area contributed by atoms with Crippen LogP contribution in [-0.4, -0.2) is 24.4 Å². The molecule has 0 fully saturated rings. The van der Waals surface area contributed by atoms with Gasteiger partial charge in [-0.2, -0.15) is 0 Å². The van der Waals surface area contributed by atoms with Gasteiger partial charge >= 0.3 is 0 Å². The average molecular weight is 422 g/mol. The van der Waals surface area contributed by atoms with Crippen molar-refractivity contribution in [3.8, 4) is 11.5 Å². The first-order valence-corrected chi connectivity index (χ1v) is 10.9. The molecule has 2 atom stereocenters. The minimum atomic E-state index is -0.169. The van der Waals surface area contributed by atoms with Crippen molar-refractivity contribution in [3.63, 3.8) is 0 Å². The molecule has 2 aromatic rings. The molecule has 0 unspecified atom stereocenters. The van der Waals surface area contributed by atoms with E-state index in [9.17, 15) is 4.79 Å². The topological polar surface area (TPSA) is 47.6 Å². The van der Waals surface area contributed by atoms with Gasteiger partial charge in [-0.15, -0.1) is 11.8 Å². The maximum Gasteiger partial charge on any atom is 0.233 e. The standard InChI is InChI=1S/C22H28ClNO3S/c1-5-21(28-18-11-9-17(23)10-12-18)22(25)24-15(4)16-8-13-19(26-6-2)20(14-16)27-7-3/h8-15,21H,5-7H2,1-4H3,(H,24,25)/t15-,21-/m0/s1. The third-order valence-corrected chi connectivity index (χ3v) is 5.81. The largest absolute Gasteiger partial charge is 0.490 e. The zero-order valence-electron chi connectivity index (χ0n) is 16.8. The summed E-state index contributed by atoms with van der Waals surface area (Å²) in [5.41, 5.74) is 0.978. The third kappa shape index (κ3) is 6.35. The van der Waals surface area contributed by atoms with Crippen LogP contribution in [-0.2, 0) is 4.79 Å². The molecular formula is C22H28ClNO3S. The molecule has 0 saturated carbocycles. The van der Waals surface area contributed by atoms with E-state index < -0.39 is 0 Å². The van der Waals surface area contributed by atoms with E-state index in [0.29, 0.717) is 24.0 Å². The third-order valence-electron chi connectivity index (χ3n) is 4.18. The SMILES string of the molecule is CCOc1ccc([C@H](C)NC(=O)[C@H](CC)Sc2ccc(Cl)cc2)cc1OCC. The minimum absolute atomic E-state index is 0.0156. The number of ether oxygens (including phenoxy) is 2. The molecule has 1 amide bonds. The molecule has 0 bridgehead atoms. The molecule has 0 spiro atoms. The molecular weight excluding hydrogens is 394 g/mol. The fraction of sp³-hybridized carbons (Fsp3) is 0.409. The van der Waals surface area contributed by atoms with E-state index in [1.807, 2.05) is 70.2 Å². The highest BCUT2D eigenvalue weighted by Crippen LogP contribution is 2.31. The molecule has 2 aromatic carbocycles. The van der Waals surface area contributed by atoms with Gasteiger partial charge in [0.15, 0.2) is 11.5 Å². The predicted molar refractivity (Wildman–Crippen MR) is 117 cm³/mol. The van der Waals surface area contributed by atoms with Crippen molar-refractivity contribution in [2.24, 2.45) is 0 Å². The molecule has 2 rings (SSSR count). The van der Waals surface area contributed by atoms with Crippen LogP contribution in [0.2, 0.25) is 5.02 Å². The van der Waals surface area contributed by atoms with E-state index in [4.69, 9.17) is 21.1 Å². The van der Waals surface area contributed by atoms with E-state index in [2.05, 4.69) is 5.32 Å². The van der Waals surface area contributed by atoms with E-state index >= 15 is 0 Å². The fourth-order valence-electron chi connectivity index (χ4n) is 2.73. The summed E-state index contributed by atoms with van der Waals surface area (Å²) in [7, 11) is 0. The van der Waals surface area contributed by atoms with Gasteiger partial charge in [0.1, 0.15) is 0 Å². The fourth-order valence-corrected chi connectivity index (χ4v) is 3.82. The average Bonchev–Trinajstić information content (AvgIpc) is 2.69. The molecule has 1 N–H and O–H groups in total. The van der Waals surface area contributed by atoms with Gasteiger partial charge in [0.2, 0.25) is 5.91 Å². The van der Waals surface area contributed by atoms with Crippen LogP contribution in [0.5, 0.6) is 11.5 Å². The summed E-state index contributed by atoms with van der Waals surface area (Å²) < 4.78 is 11.3. The van der Waals surface area contributed by atoms with Gasteiger partial charge in [0.25, 0.3) is 0 Å². The highest BCUT2D eigenvalue weighted by molar-refractivity contribution is 8.00. The zero-order valence-corrected chi connectivity index (χ0v) is 18.4. The Morgan fingerprint density at radius 2 is 1.68 bits per heavy atom. The Bertz CT molecular complexity index is 767. The number of thioether (sulfide) groups is 1. The van der Waals surface area contributed by atoms with Gasteiger partial charge in [0.05, 0.1) is 24.5 Å². The van der Waals surface area contributed by atoms with Gasteiger partial charge in [-0.25, -0.2) is 0 Å². The Morgan fingerprint density at radius 1 is 1.04 bits per heavy atom. The summed E-state index contributed by atoms with van der Waals surface area (Å²) in [6.07, 6.45) is 0.735.